The lowest BCUT2D eigenvalue weighted by molar-refractivity contribution is 0.305. The molecule has 0 fully saturated rings. The van der Waals surface area contributed by atoms with Gasteiger partial charge in [0.05, 0.1) is 5.02 Å². The molecule has 2 rings (SSSR count). The van der Waals surface area contributed by atoms with E-state index in [0.29, 0.717) is 10.8 Å². The molecule has 0 N–H and O–H groups in total. The summed E-state index contributed by atoms with van der Waals surface area (Å²) in [5, 5.41) is 0.494. The zero-order valence-electron chi connectivity index (χ0n) is 8.86. The maximum atomic E-state index is 12.9. The van der Waals surface area contributed by atoms with Crippen LogP contribution in [0.3, 0.4) is 0 Å². The Hall–Kier alpha value is -1.19. The predicted octanol–water partition coefficient (Wildman–Crippen LogP) is 4.35. The molecule has 2 aromatic carbocycles. The average Bonchev–Trinajstić information content (AvgIpc) is 2.28. The molecular formula is C13H10ClFOS. The Morgan fingerprint density at radius 1 is 1.18 bits per heavy atom. The van der Waals surface area contributed by atoms with Crippen molar-refractivity contribution in [2.75, 3.05) is 0 Å². The predicted molar refractivity (Wildman–Crippen MR) is 69.4 cm³/mol. The fourth-order valence-corrected chi connectivity index (χ4v) is 1.91. The normalized spacial score (nSPS) is 10.3. The summed E-state index contributed by atoms with van der Waals surface area (Å²) in [4.78, 5) is 0.771. The molecule has 0 aliphatic carbocycles. The number of benzene rings is 2. The van der Waals surface area contributed by atoms with Crippen LogP contribution >= 0.6 is 24.2 Å². The van der Waals surface area contributed by atoms with E-state index >= 15 is 0 Å². The topological polar surface area (TPSA) is 9.23 Å². The number of rotatable bonds is 3. The lowest BCUT2D eigenvalue weighted by Crippen LogP contribution is -1.96. The summed E-state index contributed by atoms with van der Waals surface area (Å²) in [5.74, 6) is 0.289. The van der Waals surface area contributed by atoms with Crippen molar-refractivity contribution in [2.24, 2.45) is 0 Å². The van der Waals surface area contributed by atoms with Crippen LogP contribution in [0, 0.1) is 5.82 Å². The van der Waals surface area contributed by atoms with E-state index in [0.717, 1.165) is 10.5 Å². The summed E-state index contributed by atoms with van der Waals surface area (Å²) in [6, 6.07) is 11.5. The number of ether oxygens (including phenoxy) is 1. The molecule has 2 aromatic rings. The number of thiol groups is 1. The molecule has 0 bridgehead atoms. The highest BCUT2D eigenvalue weighted by Crippen LogP contribution is 2.27. The maximum Gasteiger partial charge on any atom is 0.138 e. The molecule has 17 heavy (non-hydrogen) atoms. The van der Waals surface area contributed by atoms with Gasteiger partial charge in [0.15, 0.2) is 0 Å². The van der Waals surface area contributed by atoms with Crippen molar-refractivity contribution in [2.45, 2.75) is 11.5 Å². The van der Waals surface area contributed by atoms with Crippen LogP contribution in [-0.2, 0) is 6.61 Å². The van der Waals surface area contributed by atoms with E-state index in [-0.39, 0.29) is 12.4 Å². The molecule has 0 aliphatic heterocycles. The van der Waals surface area contributed by atoms with Crippen LogP contribution in [-0.4, -0.2) is 0 Å². The molecule has 4 heteroatoms. The highest BCUT2D eigenvalue weighted by atomic mass is 35.5. The first-order chi connectivity index (χ1) is 8.15. The van der Waals surface area contributed by atoms with E-state index in [4.69, 9.17) is 16.3 Å². The summed E-state index contributed by atoms with van der Waals surface area (Å²) in [6.45, 7) is 0.281. The second-order valence-electron chi connectivity index (χ2n) is 3.53. The maximum absolute atomic E-state index is 12.9. The van der Waals surface area contributed by atoms with Crippen LogP contribution in [0.25, 0.3) is 0 Å². The summed E-state index contributed by atoms with van der Waals surface area (Å²) < 4.78 is 18.4. The van der Waals surface area contributed by atoms with Crippen molar-refractivity contribution < 1.29 is 9.13 Å². The van der Waals surface area contributed by atoms with Gasteiger partial charge in [-0.2, -0.15) is 0 Å². The Balaban J connectivity index is 2.07. The molecule has 1 nitrogen and oxygen atoms in total. The number of hydrogen-bond acceptors (Lipinski definition) is 2. The van der Waals surface area contributed by atoms with Gasteiger partial charge in [-0.1, -0.05) is 23.7 Å². The van der Waals surface area contributed by atoms with Gasteiger partial charge in [-0.15, -0.1) is 12.6 Å². The van der Waals surface area contributed by atoms with Crippen molar-refractivity contribution in [1.29, 1.82) is 0 Å². The largest absolute Gasteiger partial charge is 0.487 e. The number of hydrogen-bond donors (Lipinski definition) is 1. The lowest BCUT2D eigenvalue weighted by atomic mass is 10.2. The van der Waals surface area contributed by atoms with Crippen molar-refractivity contribution in [3.05, 3.63) is 58.9 Å². The average molecular weight is 269 g/mol. The molecule has 0 spiro atoms. The van der Waals surface area contributed by atoms with Gasteiger partial charge in [-0.3, -0.25) is 0 Å². The lowest BCUT2D eigenvalue weighted by Gasteiger charge is -2.08. The van der Waals surface area contributed by atoms with Gasteiger partial charge < -0.3 is 4.74 Å². The van der Waals surface area contributed by atoms with E-state index < -0.39 is 0 Å². The first-order valence-electron chi connectivity index (χ1n) is 5.01. The Kier molecular flexibility index (Phi) is 3.92. The smallest absolute Gasteiger partial charge is 0.138 e. The van der Waals surface area contributed by atoms with Gasteiger partial charge in [-0.25, -0.2) is 4.39 Å². The molecule has 0 amide bonds. The van der Waals surface area contributed by atoms with Gasteiger partial charge in [0.2, 0.25) is 0 Å². The van der Waals surface area contributed by atoms with Crippen LogP contribution in [0.1, 0.15) is 5.56 Å². The zero-order valence-corrected chi connectivity index (χ0v) is 10.5. The number of halogens is 2. The van der Waals surface area contributed by atoms with Crippen LogP contribution in [0.4, 0.5) is 4.39 Å². The van der Waals surface area contributed by atoms with Crippen LogP contribution in [0.5, 0.6) is 5.75 Å². The highest BCUT2D eigenvalue weighted by molar-refractivity contribution is 7.80. The van der Waals surface area contributed by atoms with Crippen molar-refractivity contribution >= 4 is 24.2 Å². The van der Waals surface area contributed by atoms with E-state index in [1.54, 1.807) is 30.3 Å². The molecule has 0 aliphatic rings. The van der Waals surface area contributed by atoms with Gasteiger partial charge in [-0.05, 0) is 35.9 Å². The summed E-state index contributed by atoms with van der Waals surface area (Å²) >= 11 is 10.1. The zero-order chi connectivity index (χ0) is 12.3. The molecule has 0 aromatic heterocycles. The summed E-state index contributed by atoms with van der Waals surface area (Å²) in [7, 11) is 0. The Morgan fingerprint density at radius 3 is 2.71 bits per heavy atom. The fraction of sp³-hybridized carbons (Fsp3) is 0.0769. The van der Waals surface area contributed by atoms with Gasteiger partial charge in [0, 0.05) is 4.90 Å². The molecule has 0 unspecified atom stereocenters. The Labute approximate surface area is 110 Å². The van der Waals surface area contributed by atoms with Gasteiger partial charge in [0.25, 0.3) is 0 Å². The Bertz CT molecular complexity index is 531. The second kappa shape index (κ2) is 5.43. The minimum Gasteiger partial charge on any atom is -0.487 e. The fourth-order valence-electron chi connectivity index (χ4n) is 1.39. The molecule has 0 heterocycles. The second-order valence-corrected chi connectivity index (χ2v) is 4.46. The molecule has 0 radical (unpaired) electrons. The molecule has 0 saturated heterocycles. The van der Waals surface area contributed by atoms with Crippen molar-refractivity contribution in [3.63, 3.8) is 0 Å². The van der Waals surface area contributed by atoms with Crippen LogP contribution < -0.4 is 4.74 Å². The quantitative estimate of drug-likeness (QED) is 0.815. The van der Waals surface area contributed by atoms with Gasteiger partial charge >= 0.3 is 0 Å². The van der Waals surface area contributed by atoms with E-state index in [1.807, 2.05) is 0 Å². The standard InChI is InChI=1S/C13H10ClFOS/c14-12-7-11(17)4-5-13(12)16-8-9-2-1-3-10(15)6-9/h1-7,17H,8H2. The van der Waals surface area contributed by atoms with E-state index in [9.17, 15) is 4.39 Å². The third kappa shape index (κ3) is 3.38. The minimum atomic E-state index is -0.275. The van der Waals surface area contributed by atoms with Crippen molar-refractivity contribution in [1.82, 2.24) is 0 Å². The first kappa shape index (κ1) is 12.3. The molecule has 0 atom stereocenters. The molecular weight excluding hydrogens is 259 g/mol. The van der Waals surface area contributed by atoms with Crippen molar-refractivity contribution in [3.8, 4) is 5.75 Å². The third-order valence-electron chi connectivity index (χ3n) is 2.20. The summed E-state index contributed by atoms with van der Waals surface area (Å²) in [5.41, 5.74) is 0.760. The minimum absolute atomic E-state index is 0.275. The van der Waals surface area contributed by atoms with E-state index in [2.05, 4.69) is 12.6 Å². The SMILES string of the molecule is Fc1cccc(COc2ccc(S)cc2Cl)c1. The Morgan fingerprint density at radius 2 is 2.00 bits per heavy atom. The van der Waals surface area contributed by atoms with Crippen LogP contribution in [0.2, 0.25) is 5.02 Å². The molecule has 88 valence electrons. The third-order valence-corrected chi connectivity index (χ3v) is 2.77. The summed E-state index contributed by atoms with van der Waals surface area (Å²) in [6.07, 6.45) is 0. The van der Waals surface area contributed by atoms with E-state index in [1.165, 1.54) is 12.1 Å². The van der Waals surface area contributed by atoms with Crippen LogP contribution in [0.15, 0.2) is 47.4 Å². The van der Waals surface area contributed by atoms with Gasteiger partial charge in [0.1, 0.15) is 18.2 Å². The first-order valence-corrected chi connectivity index (χ1v) is 5.83. The monoisotopic (exact) mass is 268 g/mol. The molecule has 0 saturated carbocycles. The highest BCUT2D eigenvalue weighted by Gasteiger charge is 2.02.